The third-order valence-electron chi connectivity index (χ3n) is 2.38. The molecule has 0 saturated carbocycles. The van der Waals surface area contributed by atoms with Gasteiger partial charge in [-0.25, -0.2) is 0 Å². The van der Waals surface area contributed by atoms with Crippen LogP contribution in [0.4, 0.5) is 5.69 Å². The molecule has 4 nitrogen and oxygen atoms in total. The molecule has 0 atom stereocenters. The maximum atomic E-state index is 11.0. The van der Waals surface area contributed by atoms with E-state index in [1.54, 1.807) is 7.11 Å². The lowest BCUT2D eigenvalue weighted by Gasteiger charge is -2.10. The maximum Gasteiger partial charge on any atom is 0.221 e. The molecule has 94 valence electrons. The van der Waals surface area contributed by atoms with E-state index in [9.17, 15) is 4.79 Å². The number of rotatable bonds is 7. The van der Waals surface area contributed by atoms with Crippen LogP contribution in [0.15, 0.2) is 24.3 Å². The molecule has 0 aromatic heterocycles. The van der Waals surface area contributed by atoms with Crippen LogP contribution in [-0.2, 0) is 16.0 Å². The van der Waals surface area contributed by atoms with E-state index in [4.69, 9.17) is 4.74 Å². The largest absolute Gasteiger partial charge is 0.383 e. The van der Waals surface area contributed by atoms with Crippen molar-refractivity contribution in [1.82, 2.24) is 5.32 Å². The van der Waals surface area contributed by atoms with Gasteiger partial charge >= 0.3 is 0 Å². The van der Waals surface area contributed by atoms with Gasteiger partial charge in [0.15, 0.2) is 0 Å². The molecule has 0 aliphatic heterocycles. The van der Waals surface area contributed by atoms with Crippen LogP contribution in [0.5, 0.6) is 0 Å². The quantitative estimate of drug-likeness (QED) is 0.704. The molecular formula is C13H20N2O2. The van der Waals surface area contributed by atoms with Crippen molar-refractivity contribution in [2.75, 3.05) is 32.1 Å². The number of carbonyl (C=O) groups excluding carboxylic acids is 1. The molecule has 0 saturated heterocycles. The number of benzene rings is 1. The molecule has 0 unspecified atom stereocenters. The molecule has 0 bridgehead atoms. The Kier molecular flexibility index (Phi) is 6.29. The fraction of sp³-hybridized carbons (Fsp3) is 0.462. The Morgan fingerprint density at radius 3 is 2.76 bits per heavy atom. The summed E-state index contributed by atoms with van der Waals surface area (Å²) in [7, 11) is 1.69. The van der Waals surface area contributed by atoms with Crippen molar-refractivity contribution in [2.45, 2.75) is 13.3 Å². The molecule has 1 rings (SSSR count). The number of para-hydroxylation sites is 1. The number of methoxy groups -OCH3 is 1. The highest BCUT2D eigenvalue weighted by molar-refractivity contribution is 5.89. The van der Waals surface area contributed by atoms with Gasteiger partial charge in [-0.05, 0) is 24.6 Å². The van der Waals surface area contributed by atoms with Crippen LogP contribution in [0.2, 0.25) is 0 Å². The second kappa shape index (κ2) is 7.81. The summed E-state index contributed by atoms with van der Waals surface area (Å²) < 4.78 is 4.95. The molecule has 0 spiro atoms. The molecule has 1 aromatic carbocycles. The first kappa shape index (κ1) is 13.7. The Bertz CT molecular complexity index is 353. The lowest BCUT2D eigenvalue weighted by Crippen LogP contribution is -2.22. The summed E-state index contributed by atoms with van der Waals surface area (Å²) in [6.45, 7) is 3.96. The molecule has 0 heterocycles. The second-order valence-electron chi connectivity index (χ2n) is 3.83. The zero-order valence-electron chi connectivity index (χ0n) is 10.5. The minimum atomic E-state index is -0.0372. The highest BCUT2D eigenvalue weighted by Gasteiger charge is 2.02. The number of ether oxygens (including phenoxy) is 1. The lowest BCUT2D eigenvalue weighted by atomic mass is 10.1. The van der Waals surface area contributed by atoms with Gasteiger partial charge in [-0.15, -0.1) is 0 Å². The zero-order valence-corrected chi connectivity index (χ0v) is 10.5. The summed E-state index contributed by atoms with van der Waals surface area (Å²) in [5, 5.41) is 6.11. The van der Waals surface area contributed by atoms with Crippen molar-refractivity contribution >= 4 is 11.6 Å². The van der Waals surface area contributed by atoms with E-state index in [0.717, 1.165) is 30.8 Å². The second-order valence-corrected chi connectivity index (χ2v) is 3.83. The Morgan fingerprint density at radius 1 is 1.29 bits per heavy atom. The summed E-state index contributed by atoms with van der Waals surface area (Å²) in [6.07, 6.45) is 0.889. The third kappa shape index (κ3) is 5.47. The summed E-state index contributed by atoms with van der Waals surface area (Å²) >= 11 is 0. The number of amides is 1. The zero-order chi connectivity index (χ0) is 12.5. The summed E-state index contributed by atoms with van der Waals surface area (Å²) in [5.41, 5.74) is 2.04. The standard InChI is InChI=1S/C13H20N2O2/c1-11(16)15-13-6-4-3-5-12(13)7-8-14-9-10-17-2/h3-6,14H,7-10H2,1-2H3,(H,15,16). The monoisotopic (exact) mass is 236 g/mol. The smallest absolute Gasteiger partial charge is 0.221 e. The van der Waals surface area contributed by atoms with Gasteiger partial charge in [0.2, 0.25) is 5.91 Å². The van der Waals surface area contributed by atoms with E-state index >= 15 is 0 Å². The van der Waals surface area contributed by atoms with Gasteiger partial charge in [0.05, 0.1) is 6.61 Å². The number of hydrogen-bond acceptors (Lipinski definition) is 3. The van der Waals surface area contributed by atoms with E-state index in [-0.39, 0.29) is 5.91 Å². The molecule has 0 aliphatic carbocycles. The molecule has 17 heavy (non-hydrogen) atoms. The molecular weight excluding hydrogens is 216 g/mol. The van der Waals surface area contributed by atoms with E-state index in [2.05, 4.69) is 10.6 Å². The van der Waals surface area contributed by atoms with E-state index in [1.165, 1.54) is 6.92 Å². The highest BCUT2D eigenvalue weighted by Crippen LogP contribution is 2.14. The number of carbonyl (C=O) groups is 1. The van der Waals surface area contributed by atoms with Gasteiger partial charge < -0.3 is 15.4 Å². The minimum Gasteiger partial charge on any atom is -0.383 e. The summed E-state index contributed by atoms with van der Waals surface area (Å²) in [4.78, 5) is 11.0. The Hall–Kier alpha value is -1.39. The molecule has 0 fully saturated rings. The first-order valence-corrected chi connectivity index (χ1v) is 5.79. The Morgan fingerprint density at radius 2 is 2.06 bits per heavy atom. The molecule has 1 amide bonds. The average Bonchev–Trinajstić information content (AvgIpc) is 2.30. The first-order chi connectivity index (χ1) is 8.24. The van der Waals surface area contributed by atoms with Crippen LogP contribution >= 0.6 is 0 Å². The van der Waals surface area contributed by atoms with Gasteiger partial charge in [0.1, 0.15) is 0 Å². The fourth-order valence-electron chi connectivity index (χ4n) is 1.57. The third-order valence-corrected chi connectivity index (χ3v) is 2.38. The fourth-order valence-corrected chi connectivity index (χ4v) is 1.57. The van der Waals surface area contributed by atoms with Crippen molar-refractivity contribution < 1.29 is 9.53 Å². The molecule has 0 radical (unpaired) electrons. The first-order valence-electron chi connectivity index (χ1n) is 5.79. The van der Waals surface area contributed by atoms with Gasteiger partial charge in [0.25, 0.3) is 0 Å². The van der Waals surface area contributed by atoms with Crippen LogP contribution in [0.25, 0.3) is 0 Å². The lowest BCUT2D eigenvalue weighted by molar-refractivity contribution is -0.114. The Balaban J connectivity index is 2.43. The highest BCUT2D eigenvalue weighted by atomic mass is 16.5. The maximum absolute atomic E-state index is 11.0. The van der Waals surface area contributed by atoms with Gasteiger partial charge in [-0.1, -0.05) is 18.2 Å². The minimum absolute atomic E-state index is 0.0372. The predicted molar refractivity (Wildman–Crippen MR) is 69.2 cm³/mol. The van der Waals surface area contributed by atoms with E-state index < -0.39 is 0 Å². The summed E-state index contributed by atoms with van der Waals surface area (Å²) in [5.74, 6) is -0.0372. The predicted octanol–water partition coefficient (Wildman–Crippen LogP) is 1.42. The van der Waals surface area contributed by atoms with Crippen molar-refractivity contribution in [3.05, 3.63) is 29.8 Å². The SMILES string of the molecule is COCCNCCc1ccccc1NC(C)=O. The van der Waals surface area contributed by atoms with Crippen molar-refractivity contribution in [3.63, 3.8) is 0 Å². The van der Waals surface area contributed by atoms with Gasteiger partial charge in [-0.3, -0.25) is 4.79 Å². The van der Waals surface area contributed by atoms with Gasteiger partial charge in [-0.2, -0.15) is 0 Å². The Labute approximate surface area is 102 Å². The van der Waals surface area contributed by atoms with Crippen LogP contribution in [0.1, 0.15) is 12.5 Å². The summed E-state index contributed by atoms with van der Waals surface area (Å²) in [6, 6.07) is 7.86. The normalized spacial score (nSPS) is 10.2. The molecule has 1 aromatic rings. The van der Waals surface area contributed by atoms with Crippen LogP contribution in [-0.4, -0.2) is 32.7 Å². The van der Waals surface area contributed by atoms with Crippen LogP contribution in [0.3, 0.4) is 0 Å². The molecule has 0 aliphatic rings. The molecule has 4 heteroatoms. The average molecular weight is 236 g/mol. The number of hydrogen-bond donors (Lipinski definition) is 2. The topological polar surface area (TPSA) is 50.4 Å². The molecule has 2 N–H and O–H groups in total. The number of anilines is 1. The van der Waals surface area contributed by atoms with E-state index in [0.29, 0.717) is 6.61 Å². The van der Waals surface area contributed by atoms with Crippen molar-refractivity contribution in [2.24, 2.45) is 0 Å². The van der Waals surface area contributed by atoms with Gasteiger partial charge in [0, 0.05) is 26.3 Å². The van der Waals surface area contributed by atoms with Crippen LogP contribution < -0.4 is 10.6 Å². The van der Waals surface area contributed by atoms with Crippen molar-refractivity contribution in [3.8, 4) is 0 Å². The van der Waals surface area contributed by atoms with Crippen LogP contribution in [0, 0.1) is 0 Å². The van der Waals surface area contributed by atoms with Crippen molar-refractivity contribution in [1.29, 1.82) is 0 Å². The van der Waals surface area contributed by atoms with E-state index in [1.807, 2.05) is 24.3 Å². The number of nitrogens with one attached hydrogen (secondary N) is 2.